The van der Waals surface area contributed by atoms with Crippen molar-refractivity contribution >= 4 is 0 Å². The summed E-state index contributed by atoms with van der Waals surface area (Å²) in [7, 11) is 0. The molecule has 0 aromatic carbocycles. The molecule has 0 saturated carbocycles. The smallest absolute Gasteiger partial charge is 0.0709 e. The maximum Gasteiger partial charge on any atom is 0.0709 e. The molecule has 1 rings (SSSR count). The molecule has 1 aliphatic rings. The SMILES string of the molecule is CCOC(CN)CCN1CCC(C)C1. The quantitative estimate of drug-likeness (QED) is 0.697. The Morgan fingerprint density at radius 2 is 2.36 bits per heavy atom. The molecule has 1 saturated heterocycles. The minimum Gasteiger partial charge on any atom is -0.377 e. The highest BCUT2D eigenvalue weighted by atomic mass is 16.5. The van der Waals surface area contributed by atoms with Crippen molar-refractivity contribution in [2.75, 3.05) is 32.8 Å². The fourth-order valence-corrected chi connectivity index (χ4v) is 2.06. The van der Waals surface area contributed by atoms with Crippen molar-refractivity contribution in [1.82, 2.24) is 4.90 Å². The van der Waals surface area contributed by atoms with Gasteiger partial charge in [-0.05, 0) is 32.2 Å². The number of hydrogen-bond acceptors (Lipinski definition) is 3. The summed E-state index contributed by atoms with van der Waals surface area (Å²) in [5, 5.41) is 0. The van der Waals surface area contributed by atoms with Crippen LogP contribution in [0.3, 0.4) is 0 Å². The van der Waals surface area contributed by atoms with Gasteiger partial charge >= 0.3 is 0 Å². The molecule has 2 atom stereocenters. The number of ether oxygens (including phenoxy) is 1. The van der Waals surface area contributed by atoms with Crippen LogP contribution in [0.5, 0.6) is 0 Å². The molecular formula is C11H24N2O. The Morgan fingerprint density at radius 1 is 1.57 bits per heavy atom. The zero-order valence-corrected chi connectivity index (χ0v) is 9.54. The highest BCUT2D eigenvalue weighted by Gasteiger charge is 2.19. The lowest BCUT2D eigenvalue weighted by atomic mass is 10.2. The second-order valence-corrected chi connectivity index (χ2v) is 4.30. The molecule has 1 aliphatic heterocycles. The molecule has 0 amide bonds. The minimum atomic E-state index is 0.260. The van der Waals surface area contributed by atoms with Crippen LogP contribution in [0.15, 0.2) is 0 Å². The van der Waals surface area contributed by atoms with Gasteiger partial charge in [0.2, 0.25) is 0 Å². The highest BCUT2D eigenvalue weighted by Crippen LogP contribution is 2.15. The predicted molar refractivity (Wildman–Crippen MR) is 59.3 cm³/mol. The van der Waals surface area contributed by atoms with Crippen molar-refractivity contribution in [3.63, 3.8) is 0 Å². The average molecular weight is 200 g/mol. The van der Waals surface area contributed by atoms with E-state index in [2.05, 4.69) is 11.8 Å². The lowest BCUT2D eigenvalue weighted by molar-refractivity contribution is 0.0560. The van der Waals surface area contributed by atoms with Crippen LogP contribution in [-0.2, 0) is 4.74 Å². The summed E-state index contributed by atoms with van der Waals surface area (Å²) < 4.78 is 5.53. The summed E-state index contributed by atoms with van der Waals surface area (Å²) in [6, 6.07) is 0. The lowest BCUT2D eigenvalue weighted by Gasteiger charge is -2.20. The third-order valence-electron chi connectivity index (χ3n) is 2.94. The van der Waals surface area contributed by atoms with Crippen molar-refractivity contribution in [3.05, 3.63) is 0 Å². The van der Waals surface area contributed by atoms with Gasteiger partial charge in [-0.25, -0.2) is 0 Å². The third-order valence-corrected chi connectivity index (χ3v) is 2.94. The number of nitrogens with two attached hydrogens (primary N) is 1. The first-order valence-corrected chi connectivity index (χ1v) is 5.80. The fraction of sp³-hybridized carbons (Fsp3) is 1.00. The van der Waals surface area contributed by atoms with Gasteiger partial charge in [0.05, 0.1) is 6.10 Å². The zero-order chi connectivity index (χ0) is 10.4. The summed E-state index contributed by atoms with van der Waals surface area (Å²) in [6.07, 6.45) is 2.69. The first kappa shape index (κ1) is 12.0. The van der Waals surface area contributed by atoms with Crippen LogP contribution >= 0.6 is 0 Å². The minimum absolute atomic E-state index is 0.260. The second kappa shape index (κ2) is 6.38. The van der Waals surface area contributed by atoms with Crippen molar-refractivity contribution in [2.24, 2.45) is 11.7 Å². The number of nitrogens with zero attached hydrogens (tertiary/aromatic N) is 1. The highest BCUT2D eigenvalue weighted by molar-refractivity contribution is 4.73. The van der Waals surface area contributed by atoms with Crippen LogP contribution in [-0.4, -0.2) is 43.8 Å². The predicted octanol–water partition coefficient (Wildman–Crippen LogP) is 1.08. The standard InChI is InChI=1S/C11H24N2O/c1-3-14-11(8-12)5-7-13-6-4-10(2)9-13/h10-11H,3-9,12H2,1-2H3. The van der Waals surface area contributed by atoms with Crippen molar-refractivity contribution < 1.29 is 4.74 Å². The van der Waals surface area contributed by atoms with Crippen LogP contribution in [0.1, 0.15) is 26.7 Å². The van der Waals surface area contributed by atoms with E-state index in [1.54, 1.807) is 0 Å². The van der Waals surface area contributed by atoms with E-state index in [1.165, 1.54) is 19.5 Å². The van der Waals surface area contributed by atoms with E-state index >= 15 is 0 Å². The largest absolute Gasteiger partial charge is 0.377 e. The van der Waals surface area contributed by atoms with Gasteiger partial charge in [-0.2, -0.15) is 0 Å². The summed E-state index contributed by atoms with van der Waals surface area (Å²) in [4.78, 5) is 2.52. The molecular weight excluding hydrogens is 176 g/mol. The van der Waals surface area contributed by atoms with E-state index in [0.29, 0.717) is 6.54 Å². The van der Waals surface area contributed by atoms with Crippen LogP contribution in [0.4, 0.5) is 0 Å². The molecule has 0 bridgehead atoms. The molecule has 0 aromatic heterocycles. The normalized spacial score (nSPS) is 25.5. The van der Waals surface area contributed by atoms with Gasteiger partial charge in [0.1, 0.15) is 0 Å². The molecule has 3 heteroatoms. The molecule has 0 aromatic rings. The van der Waals surface area contributed by atoms with E-state index in [-0.39, 0.29) is 6.10 Å². The van der Waals surface area contributed by atoms with Crippen LogP contribution in [0.2, 0.25) is 0 Å². The summed E-state index contributed by atoms with van der Waals surface area (Å²) in [5.41, 5.74) is 5.63. The van der Waals surface area contributed by atoms with Gasteiger partial charge in [0.25, 0.3) is 0 Å². The Balaban J connectivity index is 2.12. The summed E-state index contributed by atoms with van der Waals surface area (Å²) in [5.74, 6) is 0.874. The number of rotatable bonds is 6. The lowest BCUT2D eigenvalue weighted by Crippen LogP contribution is -2.30. The van der Waals surface area contributed by atoms with Gasteiger partial charge in [0, 0.05) is 26.2 Å². The van der Waals surface area contributed by atoms with Gasteiger partial charge in [-0.3, -0.25) is 0 Å². The van der Waals surface area contributed by atoms with Crippen molar-refractivity contribution in [3.8, 4) is 0 Å². The Morgan fingerprint density at radius 3 is 2.86 bits per heavy atom. The fourth-order valence-electron chi connectivity index (χ4n) is 2.06. The monoisotopic (exact) mass is 200 g/mol. The molecule has 0 spiro atoms. The van der Waals surface area contributed by atoms with Crippen molar-refractivity contribution in [2.45, 2.75) is 32.8 Å². The van der Waals surface area contributed by atoms with Gasteiger partial charge in [-0.15, -0.1) is 0 Å². The first-order chi connectivity index (χ1) is 6.76. The molecule has 1 heterocycles. The van der Waals surface area contributed by atoms with Gasteiger partial charge < -0.3 is 15.4 Å². The Bertz CT molecular complexity index is 148. The Hall–Kier alpha value is -0.120. The number of hydrogen-bond donors (Lipinski definition) is 1. The van der Waals surface area contributed by atoms with Crippen LogP contribution in [0, 0.1) is 5.92 Å². The van der Waals surface area contributed by atoms with Gasteiger partial charge in [0.15, 0.2) is 0 Å². The molecule has 2 N–H and O–H groups in total. The van der Waals surface area contributed by atoms with E-state index < -0.39 is 0 Å². The Labute approximate surface area is 87.6 Å². The maximum atomic E-state index is 5.63. The van der Waals surface area contributed by atoms with E-state index in [4.69, 9.17) is 10.5 Å². The molecule has 84 valence electrons. The molecule has 0 aliphatic carbocycles. The Kier molecular flexibility index (Phi) is 5.45. The van der Waals surface area contributed by atoms with E-state index in [0.717, 1.165) is 25.5 Å². The van der Waals surface area contributed by atoms with Crippen molar-refractivity contribution in [1.29, 1.82) is 0 Å². The summed E-state index contributed by atoms with van der Waals surface area (Å²) in [6.45, 7) is 9.43. The molecule has 14 heavy (non-hydrogen) atoms. The van der Waals surface area contributed by atoms with Crippen LogP contribution < -0.4 is 5.73 Å². The molecule has 1 fully saturated rings. The zero-order valence-electron chi connectivity index (χ0n) is 9.54. The third kappa shape index (κ3) is 3.95. The average Bonchev–Trinajstić information content (AvgIpc) is 2.59. The van der Waals surface area contributed by atoms with Gasteiger partial charge in [-0.1, -0.05) is 6.92 Å². The molecule has 3 nitrogen and oxygen atoms in total. The summed E-state index contributed by atoms with van der Waals surface area (Å²) >= 11 is 0. The topological polar surface area (TPSA) is 38.5 Å². The van der Waals surface area contributed by atoms with E-state index in [9.17, 15) is 0 Å². The van der Waals surface area contributed by atoms with Crippen LogP contribution in [0.25, 0.3) is 0 Å². The second-order valence-electron chi connectivity index (χ2n) is 4.30. The maximum absolute atomic E-state index is 5.63. The van der Waals surface area contributed by atoms with E-state index in [1.807, 2.05) is 6.92 Å². The number of likely N-dealkylation sites (tertiary alicyclic amines) is 1. The molecule has 0 radical (unpaired) electrons. The molecule has 2 unspecified atom stereocenters. The first-order valence-electron chi connectivity index (χ1n) is 5.80.